The Bertz CT molecular complexity index is 1190. The van der Waals surface area contributed by atoms with Crippen molar-refractivity contribution in [3.63, 3.8) is 0 Å². The molecule has 1 amide bonds. The fourth-order valence-corrected chi connectivity index (χ4v) is 4.52. The van der Waals surface area contributed by atoms with E-state index in [4.69, 9.17) is 4.74 Å². The number of aromatic nitrogens is 1. The zero-order valence-corrected chi connectivity index (χ0v) is 18.7. The third-order valence-corrected chi connectivity index (χ3v) is 6.80. The van der Waals surface area contributed by atoms with E-state index in [0.717, 1.165) is 59.2 Å². The maximum Gasteiger partial charge on any atom is 0.252 e. The van der Waals surface area contributed by atoms with E-state index in [0.29, 0.717) is 11.6 Å². The highest BCUT2D eigenvalue weighted by Gasteiger charge is 2.47. The van der Waals surface area contributed by atoms with E-state index in [1.54, 1.807) is 6.20 Å². The zero-order chi connectivity index (χ0) is 22.3. The van der Waals surface area contributed by atoms with Gasteiger partial charge in [0, 0.05) is 23.2 Å². The van der Waals surface area contributed by atoms with E-state index in [2.05, 4.69) is 41.3 Å². The van der Waals surface area contributed by atoms with Crippen LogP contribution in [0.4, 0.5) is 0 Å². The van der Waals surface area contributed by atoms with Crippen molar-refractivity contribution >= 4 is 22.9 Å². The Kier molecular flexibility index (Phi) is 5.22. The summed E-state index contributed by atoms with van der Waals surface area (Å²) in [5.74, 6) is 0.663. The average molecular weight is 428 g/mol. The van der Waals surface area contributed by atoms with Gasteiger partial charge in [0.2, 0.25) is 0 Å². The predicted octanol–water partition coefficient (Wildman–Crippen LogP) is 4.73. The van der Waals surface area contributed by atoms with Crippen LogP contribution >= 0.6 is 0 Å². The minimum Gasteiger partial charge on any atom is -0.489 e. The first-order chi connectivity index (χ1) is 15.5. The summed E-state index contributed by atoms with van der Waals surface area (Å²) in [6.07, 6.45) is 6.63. The normalized spacial score (nSPS) is 19.6. The summed E-state index contributed by atoms with van der Waals surface area (Å²) in [4.78, 5) is 17.9. The van der Waals surface area contributed by atoms with Gasteiger partial charge in [-0.25, -0.2) is 0 Å². The standard InChI is InChI=1S/C27H29N3O2/c1-4-19-14-23(21-6-5-12-28-25(21)15-19)27(10-11-27)30-26(31)22-16-20(8-7-17(22)2)32-18(3)24-9-13-29-24/h4-8,12,14-16,18,24,29H,1,9-11,13H2,2-3H3,(H,30,31)/t18-,24-/m0/s1. The van der Waals surface area contributed by atoms with Crippen molar-refractivity contribution in [1.82, 2.24) is 15.6 Å². The summed E-state index contributed by atoms with van der Waals surface area (Å²) < 4.78 is 6.12. The highest BCUT2D eigenvalue weighted by Crippen LogP contribution is 2.48. The Morgan fingerprint density at radius 1 is 1.31 bits per heavy atom. The van der Waals surface area contributed by atoms with Crippen LogP contribution in [0.1, 0.15) is 53.2 Å². The zero-order valence-electron chi connectivity index (χ0n) is 18.7. The minimum absolute atomic E-state index is 0.0673. The van der Waals surface area contributed by atoms with Crippen LogP contribution in [0.25, 0.3) is 17.0 Å². The Hall–Kier alpha value is -3.18. The number of hydrogen-bond donors (Lipinski definition) is 2. The van der Waals surface area contributed by atoms with Gasteiger partial charge in [0.25, 0.3) is 5.91 Å². The Labute approximate surface area is 188 Å². The van der Waals surface area contributed by atoms with Gasteiger partial charge < -0.3 is 15.4 Å². The number of aryl methyl sites for hydroxylation is 1. The van der Waals surface area contributed by atoms with E-state index in [9.17, 15) is 4.79 Å². The molecule has 164 valence electrons. The lowest BCUT2D eigenvalue weighted by Crippen LogP contribution is -2.51. The molecule has 2 N–H and O–H groups in total. The number of amides is 1. The number of pyridine rings is 1. The number of nitrogens with one attached hydrogen (secondary N) is 2. The maximum atomic E-state index is 13.4. The van der Waals surface area contributed by atoms with E-state index in [-0.39, 0.29) is 17.6 Å². The summed E-state index contributed by atoms with van der Waals surface area (Å²) in [5.41, 5.74) is 4.27. The highest BCUT2D eigenvalue weighted by molar-refractivity contribution is 5.97. The number of nitrogens with zero attached hydrogens (tertiary/aromatic N) is 1. The summed E-state index contributed by atoms with van der Waals surface area (Å²) in [5, 5.41) is 7.80. The summed E-state index contributed by atoms with van der Waals surface area (Å²) in [6.45, 7) is 9.00. The van der Waals surface area contributed by atoms with Gasteiger partial charge in [-0.15, -0.1) is 0 Å². The van der Waals surface area contributed by atoms with E-state index in [1.807, 2.05) is 43.3 Å². The topological polar surface area (TPSA) is 63.2 Å². The molecule has 3 aromatic rings. The second kappa shape index (κ2) is 8.06. The molecule has 1 aliphatic heterocycles. The second-order valence-electron chi connectivity index (χ2n) is 9.03. The van der Waals surface area contributed by atoms with Gasteiger partial charge in [-0.3, -0.25) is 9.78 Å². The van der Waals surface area contributed by atoms with Gasteiger partial charge >= 0.3 is 0 Å². The smallest absolute Gasteiger partial charge is 0.252 e. The molecule has 1 aliphatic carbocycles. The molecule has 2 aliphatic rings. The van der Waals surface area contributed by atoms with Crippen LogP contribution in [-0.4, -0.2) is 29.6 Å². The highest BCUT2D eigenvalue weighted by atomic mass is 16.5. The minimum atomic E-state index is -0.371. The molecule has 2 aromatic carbocycles. The average Bonchev–Trinajstić information content (AvgIpc) is 3.53. The number of carbonyl (C=O) groups is 1. The molecule has 5 heteroatoms. The quantitative estimate of drug-likeness (QED) is 0.572. The first-order valence-corrected chi connectivity index (χ1v) is 11.3. The number of benzene rings is 2. The lowest BCUT2D eigenvalue weighted by Gasteiger charge is -2.33. The van der Waals surface area contributed by atoms with E-state index in [1.165, 1.54) is 0 Å². The van der Waals surface area contributed by atoms with Crippen molar-refractivity contribution in [2.45, 2.75) is 50.8 Å². The summed E-state index contributed by atoms with van der Waals surface area (Å²) in [7, 11) is 0. The Morgan fingerprint density at radius 3 is 2.81 bits per heavy atom. The molecule has 0 radical (unpaired) electrons. The van der Waals surface area contributed by atoms with Crippen LogP contribution in [0, 0.1) is 6.92 Å². The van der Waals surface area contributed by atoms with Crippen LogP contribution in [-0.2, 0) is 5.54 Å². The number of hydrogen-bond acceptors (Lipinski definition) is 4. The number of carbonyl (C=O) groups excluding carboxylic acids is 1. The largest absolute Gasteiger partial charge is 0.489 e. The monoisotopic (exact) mass is 427 g/mol. The van der Waals surface area contributed by atoms with Crippen molar-refractivity contribution in [2.75, 3.05) is 6.54 Å². The van der Waals surface area contributed by atoms with Gasteiger partial charge in [0.05, 0.1) is 11.1 Å². The molecule has 0 unspecified atom stereocenters. The van der Waals surface area contributed by atoms with Crippen molar-refractivity contribution in [1.29, 1.82) is 0 Å². The molecule has 2 heterocycles. The molecule has 0 bridgehead atoms. The molecule has 1 saturated carbocycles. The SMILES string of the molecule is C=Cc1cc(C2(NC(=O)c3cc(O[C@@H](C)[C@@H]4CCN4)ccc3C)CC2)c2cccnc2c1. The van der Waals surface area contributed by atoms with Crippen molar-refractivity contribution in [3.05, 3.63) is 77.5 Å². The first-order valence-electron chi connectivity index (χ1n) is 11.3. The fraction of sp³-hybridized carbons (Fsp3) is 0.333. The van der Waals surface area contributed by atoms with Crippen molar-refractivity contribution in [3.8, 4) is 5.75 Å². The summed E-state index contributed by atoms with van der Waals surface area (Å²) in [6, 6.07) is 14.3. The Balaban J connectivity index is 1.42. The van der Waals surface area contributed by atoms with Gasteiger partial charge in [-0.2, -0.15) is 0 Å². The molecule has 1 saturated heterocycles. The van der Waals surface area contributed by atoms with E-state index >= 15 is 0 Å². The molecule has 5 nitrogen and oxygen atoms in total. The molecular weight excluding hydrogens is 398 g/mol. The number of rotatable bonds is 7. The molecule has 2 fully saturated rings. The molecule has 2 atom stereocenters. The third kappa shape index (κ3) is 3.78. The molecule has 0 spiro atoms. The van der Waals surface area contributed by atoms with Crippen LogP contribution in [0.3, 0.4) is 0 Å². The fourth-order valence-electron chi connectivity index (χ4n) is 4.52. The molecule has 1 aromatic heterocycles. The lowest BCUT2D eigenvalue weighted by atomic mass is 9.95. The van der Waals surface area contributed by atoms with Gasteiger partial charge in [0.15, 0.2) is 0 Å². The second-order valence-corrected chi connectivity index (χ2v) is 9.03. The maximum absolute atomic E-state index is 13.4. The van der Waals surface area contributed by atoms with Crippen LogP contribution in [0.5, 0.6) is 5.75 Å². The van der Waals surface area contributed by atoms with Crippen molar-refractivity contribution in [2.24, 2.45) is 0 Å². The molecule has 32 heavy (non-hydrogen) atoms. The van der Waals surface area contributed by atoms with E-state index < -0.39 is 0 Å². The van der Waals surface area contributed by atoms with Crippen LogP contribution < -0.4 is 15.4 Å². The third-order valence-electron chi connectivity index (χ3n) is 6.80. The van der Waals surface area contributed by atoms with Gasteiger partial charge in [-0.05, 0) is 86.7 Å². The van der Waals surface area contributed by atoms with Crippen molar-refractivity contribution < 1.29 is 9.53 Å². The molecule has 5 rings (SSSR count). The van der Waals surface area contributed by atoms with Gasteiger partial charge in [-0.1, -0.05) is 24.8 Å². The first kappa shape index (κ1) is 20.7. The summed E-state index contributed by atoms with van der Waals surface area (Å²) >= 11 is 0. The van der Waals surface area contributed by atoms with Crippen LogP contribution in [0.2, 0.25) is 0 Å². The Morgan fingerprint density at radius 2 is 2.12 bits per heavy atom. The lowest BCUT2D eigenvalue weighted by molar-refractivity contribution is 0.0928. The van der Waals surface area contributed by atoms with Crippen LogP contribution in [0.15, 0.2) is 55.2 Å². The number of ether oxygens (including phenoxy) is 1. The predicted molar refractivity (Wildman–Crippen MR) is 128 cm³/mol. The molecular formula is C27H29N3O2. The van der Waals surface area contributed by atoms with Gasteiger partial charge in [0.1, 0.15) is 11.9 Å². The number of fused-ring (bicyclic) bond motifs is 1.